The zero-order valence-corrected chi connectivity index (χ0v) is 10.5. The van der Waals surface area contributed by atoms with E-state index < -0.39 is 0 Å². The van der Waals surface area contributed by atoms with Crippen LogP contribution in [0, 0.1) is 0 Å². The van der Waals surface area contributed by atoms with Crippen molar-refractivity contribution in [2.45, 2.75) is 12.8 Å². The first kappa shape index (κ1) is 18.9. The molecule has 0 rings (SSSR count). The zero-order chi connectivity index (χ0) is 8.69. The zero-order valence-electron chi connectivity index (χ0n) is 8.08. The lowest BCUT2D eigenvalue weighted by Crippen LogP contribution is -2.30. The topological polar surface area (TPSA) is 41.3 Å². The third kappa shape index (κ3) is 18.9. The quantitative estimate of drug-likeness (QED) is 0.562. The van der Waals surface area contributed by atoms with Gasteiger partial charge in [-0.25, -0.2) is 0 Å². The van der Waals surface area contributed by atoms with Crippen molar-refractivity contribution >= 4 is 42.1 Å². The van der Waals surface area contributed by atoms with E-state index in [9.17, 15) is 0 Å². The van der Waals surface area contributed by atoms with E-state index in [-0.39, 0.29) is 24.8 Å². The lowest BCUT2D eigenvalue weighted by molar-refractivity contribution is 0.394. The van der Waals surface area contributed by atoms with Gasteiger partial charge in [0.25, 0.3) is 0 Å². The fourth-order valence-corrected chi connectivity index (χ4v) is 0.867. The van der Waals surface area contributed by atoms with Crippen LogP contribution in [-0.4, -0.2) is 37.2 Å². The molecule has 0 amide bonds. The minimum atomic E-state index is 0. The van der Waals surface area contributed by atoms with Crippen molar-refractivity contribution in [1.29, 1.82) is 0 Å². The summed E-state index contributed by atoms with van der Waals surface area (Å²) >= 11 is 4.65. The van der Waals surface area contributed by atoms with Crippen LogP contribution < -0.4 is 11.1 Å². The van der Waals surface area contributed by atoms with E-state index in [0.29, 0.717) is 5.11 Å². The minimum absolute atomic E-state index is 0. The Morgan fingerprint density at radius 2 is 1.85 bits per heavy atom. The van der Waals surface area contributed by atoms with Crippen molar-refractivity contribution in [3.05, 3.63) is 0 Å². The average Bonchev–Trinajstić information content (AvgIpc) is 1.85. The van der Waals surface area contributed by atoms with Crippen LogP contribution in [0.1, 0.15) is 12.8 Å². The molecule has 0 aromatic rings. The predicted molar refractivity (Wildman–Crippen MR) is 67.1 cm³/mol. The van der Waals surface area contributed by atoms with Gasteiger partial charge >= 0.3 is 0 Å². The summed E-state index contributed by atoms with van der Waals surface area (Å²) in [6.07, 6.45) is 2.30. The molecule has 0 saturated carbocycles. The largest absolute Gasteiger partial charge is 0.376 e. The molecule has 0 aliphatic rings. The Bertz CT molecular complexity index is 122. The van der Waals surface area contributed by atoms with E-state index in [1.807, 2.05) is 0 Å². The van der Waals surface area contributed by atoms with Gasteiger partial charge < -0.3 is 16.0 Å². The first-order chi connectivity index (χ1) is 5.13. The molecule has 0 aromatic carbocycles. The summed E-state index contributed by atoms with van der Waals surface area (Å²) in [5.74, 6) is 0. The second-order valence-electron chi connectivity index (χ2n) is 2.80. The summed E-state index contributed by atoms with van der Waals surface area (Å²) in [7, 11) is 4.14. The van der Waals surface area contributed by atoms with Crippen molar-refractivity contribution in [3.63, 3.8) is 0 Å². The number of hydrogen-bond donors (Lipinski definition) is 2. The number of nitrogens with zero attached hydrogens (tertiary/aromatic N) is 1. The summed E-state index contributed by atoms with van der Waals surface area (Å²) in [6.45, 7) is 2.02. The summed E-state index contributed by atoms with van der Waals surface area (Å²) in [6, 6.07) is 0. The van der Waals surface area contributed by atoms with E-state index in [4.69, 9.17) is 5.73 Å². The third-order valence-corrected chi connectivity index (χ3v) is 1.48. The molecule has 0 aliphatic carbocycles. The molecule has 3 nitrogen and oxygen atoms in total. The van der Waals surface area contributed by atoms with E-state index in [2.05, 4.69) is 36.5 Å². The molecule has 0 bridgehead atoms. The highest BCUT2D eigenvalue weighted by molar-refractivity contribution is 7.80. The van der Waals surface area contributed by atoms with E-state index in [1.54, 1.807) is 0 Å². The second-order valence-corrected chi connectivity index (χ2v) is 3.24. The lowest BCUT2D eigenvalue weighted by atomic mass is 10.3. The van der Waals surface area contributed by atoms with Crippen LogP contribution in [-0.2, 0) is 0 Å². The highest BCUT2D eigenvalue weighted by Crippen LogP contribution is 1.88. The molecule has 0 unspecified atom stereocenters. The van der Waals surface area contributed by atoms with Crippen LogP contribution in [0.15, 0.2) is 0 Å². The SMILES string of the molecule is CN(C)CCCCNC(N)=S.Cl.Cl. The van der Waals surface area contributed by atoms with Crippen LogP contribution in [0.3, 0.4) is 0 Å². The van der Waals surface area contributed by atoms with Crippen LogP contribution >= 0.6 is 37.0 Å². The summed E-state index contributed by atoms with van der Waals surface area (Å²) in [4.78, 5) is 2.17. The van der Waals surface area contributed by atoms with Gasteiger partial charge in [0.15, 0.2) is 5.11 Å². The van der Waals surface area contributed by atoms with Crippen LogP contribution in [0.25, 0.3) is 0 Å². The number of hydrogen-bond acceptors (Lipinski definition) is 2. The van der Waals surface area contributed by atoms with Gasteiger partial charge in [-0.15, -0.1) is 24.8 Å². The summed E-state index contributed by atoms with van der Waals surface area (Å²) < 4.78 is 0. The second kappa shape index (κ2) is 12.2. The Labute approximate surface area is 98.2 Å². The molecule has 0 aliphatic heterocycles. The molecule has 0 fully saturated rings. The maximum absolute atomic E-state index is 5.24. The summed E-state index contributed by atoms with van der Waals surface area (Å²) in [5, 5.41) is 3.31. The highest BCUT2D eigenvalue weighted by atomic mass is 35.5. The summed E-state index contributed by atoms with van der Waals surface area (Å²) in [5.41, 5.74) is 5.24. The number of thiocarbonyl (C=S) groups is 1. The maximum atomic E-state index is 5.24. The van der Waals surface area contributed by atoms with E-state index >= 15 is 0 Å². The maximum Gasteiger partial charge on any atom is 0.163 e. The van der Waals surface area contributed by atoms with Crippen molar-refractivity contribution in [3.8, 4) is 0 Å². The van der Waals surface area contributed by atoms with Gasteiger partial charge in [0, 0.05) is 6.54 Å². The van der Waals surface area contributed by atoms with Gasteiger partial charge in [-0.3, -0.25) is 0 Å². The molecule has 0 saturated heterocycles. The number of nitrogens with two attached hydrogens (primary N) is 1. The Balaban J connectivity index is -0.000000500. The number of nitrogens with one attached hydrogen (secondary N) is 1. The standard InChI is InChI=1S/C7H17N3S.2ClH/c1-10(2)6-4-3-5-9-7(8)11;;/h3-6H2,1-2H3,(H3,8,9,11);2*1H. The van der Waals surface area contributed by atoms with Crippen molar-refractivity contribution < 1.29 is 0 Å². The number of rotatable bonds is 5. The smallest absolute Gasteiger partial charge is 0.163 e. The number of halogens is 2. The third-order valence-electron chi connectivity index (χ3n) is 1.33. The molecule has 0 atom stereocenters. The van der Waals surface area contributed by atoms with Crippen molar-refractivity contribution in [2.24, 2.45) is 5.73 Å². The molecule has 6 heteroatoms. The Hall–Kier alpha value is 0.230. The molecule has 0 aromatic heterocycles. The van der Waals surface area contributed by atoms with Gasteiger partial charge in [0.2, 0.25) is 0 Å². The van der Waals surface area contributed by atoms with Gasteiger partial charge in [0.05, 0.1) is 0 Å². The van der Waals surface area contributed by atoms with Gasteiger partial charge in [-0.05, 0) is 45.7 Å². The van der Waals surface area contributed by atoms with Crippen LogP contribution in [0.4, 0.5) is 0 Å². The Kier molecular flexibility index (Phi) is 17.8. The molecule has 0 radical (unpaired) electrons. The fourth-order valence-electron chi connectivity index (χ4n) is 0.765. The molecule has 82 valence electrons. The van der Waals surface area contributed by atoms with Crippen molar-refractivity contribution in [2.75, 3.05) is 27.2 Å². The Morgan fingerprint density at radius 3 is 2.23 bits per heavy atom. The normalized spacial score (nSPS) is 8.54. The molecule has 0 spiro atoms. The van der Waals surface area contributed by atoms with Crippen LogP contribution in [0.5, 0.6) is 0 Å². The first-order valence-corrected chi connectivity index (χ1v) is 4.22. The molecular weight excluding hydrogens is 229 g/mol. The fraction of sp³-hybridized carbons (Fsp3) is 0.857. The molecule has 3 N–H and O–H groups in total. The number of unbranched alkanes of at least 4 members (excludes halogenated alkanes) is 1. The Morgan fingerprint density at radius 1 is 1.31 bits per heavy atom. The predicted octanol–water partition coefficient (Wildman–Crippen LogP) is 1.00. The lowest BCUT2D eigenvalue weighted by Gasteiger charge is -2.08. The molecule has 0 heterocycles. The van der Waals surface area contributed by atoms with Gasteiger partial charge in [0.1, 0.15) is 0 Å². The van der Waals surface area contributed by atoms with E-state index in [0.717, 1.165) is 19.5 Å². The molecular formula is C7H19Cl2N3S. The molecule has 13 heavy (non-hydrogen) atoms. The monoisotopic (exact) mass is 247 g/mol. The van der Waals surface area contributed by atoms with Gasteiger partial charge in [-0.2, -0.15) is 0 Å². The average molecular weight is 248 g/mol. The first-order valence-electron chi connectivity index (χ1n) is 3.81. The van der Waals surface area contributed by atoms with Crippen molar-refractivity contribution in [1.82, 2.24) is 10.2 Å². The minimum Gasteiger partial charge on any atom is -0.376 e. The van der Waals surface area contributed by atoms with Gasteiger partial charge in [-0.1, -0.05) is 0 Å². The highest BCUT2D eigenvalue weighted by Gasteiger charge is 1.90. The van der Waals surface area contributed by atoms with Crippen LogP contribution in [0.2, 0.25) is 0 Å². The van der Waals surface area contributed by atoms with E-state index in [1.165, 1.54) is 6.42 Å².